The van der Waals surface area contributed by atoms with E-state index in [1.165, 1.54) is 0 Å². The summed E-state index contributed by atoms with van der Waals surface area (Å²) in [6.07, 6.45) is 9.43. The molecule has 1 aliphatic rings. The van der Waals surface area contributed by atoms with Crippen LogP contribution in [0.4, 0.5) is 0 Å². The first-order valence-corrected chi connectivity index (χ1v) is 7.34. The molecule has 1 atom stereocenters. The van der Waals surface area contributed by atoms with E-state index in [2.05, 4.69) is 6.08 Å². The van der Waals surface area contributed by atoms with Gasteiger partial charge < -0.3 is 5.73 Å². The molecule has 2 nitrogen and oxygen atoms in total. The maximum absolute atomic E-state index is 13.2. The van der Waals surface area contributed by atoms with E-state index < -0.39 is 5.41 Å². The van der Waals surface area contributed by atoms with Gasteiger partial charge in [-0.3, -0.25) is 4.79 Å². The molecule has 1 unspecified atom stereocenters. The zero-order valence-corrected chi connectivity index (χ0v) is 12.0. The number of hydrogen-bond donors (Lipinski definition) is 1. The average molecular weight is 277 g/mol. The van der Waals surface area contributed by atoms with Crippen LogP contribution in [0.25, 0.3) is 10.8 Å². The maximum atomic E-state index is 13.2. The number of ketones is 1. The van der Waals surface area contributed by atoms with Crippen LogP contribution in [0.3, 0.4) is 0 Å². The Labute approximate surface area is 125 Å². The lowest BCUT2D eigenvalue weighted by molar-refractivity contribution is 0.0846. The van der Waals surface area contributed by atoms with Crippen molar-refractivity contribution in [3.8, 4) is 0 Å². The van der Waals surface area contributed by atoms with Crippen LogP contribution in [0.2, 0.25) is 0 Å². The highest BCUT2D eigenvalue weighted by Gasteiger charge is 2.35. The van der Waals surface area contributed by atoms with Gasteiger partial charge >= 0.3 is 0 Å². The monoisotopic (exact) mass is 277 g/mol. The summed E-state index contributed by atoms with van der Waals surface area (Å²) in [7, 11) is 0. The van der Waals surface area contributed by atoms with Crippen LogP contribution in [0, 0.1) is 5.41 Å². The third-order valence-electron chi connectivity index (χ3n) is 4.22. The van der Waals surface area contributed by atoms with Gasteiger partial charge in [0.15, 0.2) is 5.78 Å². The number of fused-ring (bicyclic) bond motifs is 1. The number of carbonyl (C=O) groups is 1. The van der Waals surface area contributed by atoms with Crippen molar-refractivity contribution in [3.05, 3.63) is 72.3 Å². The van der Waals surface area contributed by atoms with Gasteiger partial charge in [0.2, 0.25) is 0 Å². The number of hydrogen-bond acceptors (Lipinski definition) is 2. The molecule has 0 spiro atoms. The first kappa shape index (κ1) is 13.8. The van der Waals surface area contributed by atoms with E-state index in [4.69, 9.17) is 5.73 Å². The Hall–Kier alpha value is -2.19. The fourth-order valence-electron chi connectivity index (χ4n) is 3.08. The molecule has 0 amide bonds. The number of benzene rings is 2. The number of Topliss-reactive ketones (excluding diaryl/α,β-unsaturated/α-hetero) is 1. The molecule has 0 aromatic heterocycles. The predicted molar refractivity (Wildman–Crippen MR) is 87.3 cm³/mol. The summed E-state index contributed by atoms with van der Waals surface area (Å²) < 4.78 is 0. The molecule has 0 fully saturated rings. The third kappa shape index (κ3) is 2.43. The summed E-state index contributed by atoms with van der Waals surface area (Å²) in [6, 6.07) is 13.9. The highest BCUT2D eigenvalue weighted by atomic mass is 16.1. The van der Waals surface area contributed by atoms with Crippen LogP contribution < -0.4 is 5.73 Å². The van der Waals surface area contributed by atoms with E-state index in [1.54, 1.807) is 0 Å². The fourth-order valence-corrected chi connectivity index (χ4v) is 3.08. The summed E-state index contributed by atoms with van der Waals surface area (Å²) in [5.41, 5.74) is 6.06. The molecule has 2 aromatic rings. The highest BCUT2D eigenvalue weighted by molar-refractivity contribution is 6.11. The van der Waals surface area contributed by atoms with Crippen LogP contribution in [0.1, 0.15) is 23.2 Å². The number of carbonyl (C=O) groups excluding carboxylic acids is 1. The largest absolute Gasteiger partial charge is 0.330 e. The zero-order valence-electron chi connectivity index (χ0n) is 12.0. The van der Waals surface area contributed by atoms with E-state index in [9.17, 15) is 4.79 Å². The van der Waals surface area contributed by atoms with Gasteiger partial charge in [-0.2, -0.15) is 0 Å². The maximum Gasteiger partial charge on any atom is 0.173 e. The van der Waals surface area contributed by atoms with Crippen LogP contribution in [0.15, 0.2) is 66.8 Å². The molecule has 21 heavy (non-hydrogen) atoms. The number of rotatable bonds is 4. The van der Waals surface area contributed by atoms with Crippen molar-refractivity contribution in [1.29, 1.82) is 0 Å². The molecule has 0 bridgehead atoms. The van der Waals surface area contributed by atoms with Gasteiger partial charge in [0.25, 0.3) is 0 Å². The smallest absolute Gasteiger partial charge is 0.173 e. The van der Waals surface area contributed by atoms with Gasteiger partial charge in [0, 0.05) is 5.56 Å². The van der Waals surface area contributed by atoms with E-state index in [0.29, 0.717) is 13.0 Å². The lowest BCUT2D eigenvalue weighted by atomic mass is 9.72. The second-order valence-electron chi connectivity index (χ2n) is 5.54. The molecule has 0 aliphatic heterocycles. The van der Waals surface area contributed by atoms with Gasteiger partial charge in [0.1, 0.15) is 0 Å². The third-order valence-corrected chi connectivity index (χ3v) is 4.22. The van der Waals surface area contributed by atoms with E-state index >= 15 is 0 Å². The second kappa shape index (κ2) is 5.66. The Morgan fingerprint density at radius 3 is 2.67 bits per heavy atom. The van der Waals surface area contributed by atoms with E-state index in [1.807, 2.05) is 60.7 Å². The van der Waals surface area contributed by atoms with Gasteiger partial charge in [-0.25, -0.2) is 0 Å². The van der Waals surface area contributed by atoms with Gasteiger partial charge in [0.05, 0.1) is 5.41 Å². The Kier molecular flexibility index (Phi) is 3.72. The summed E-state index contributed by atoms with van der Waals surface area (Å²) in [6.45, 7) is 0.509. The quantitative estimate of drug-likeness (QED) is 0.862. The molecular formula is C19H19NO. The van der Waals surface area contributed by atoms with Crippen molar-refractivity contribution in [1.82, 2.24) is 0 Å². The topological polar surface area (TPSA) is 43.1 Å². The van der Waals surface area contributed by atoms with Crippen LogP contribution >= 0.6 is 0 Å². The van der Waals surface area contributed by atoms with Crippen molar-refractivity contribution >= 4 is 16.6 Å². The second-order valence-corrected chi connectivity index (χ2v) is 5.54. The minimum absolute atomic E-state index is 0.172. The summed E-state index contributed by atoms with van der Waals surface area (Å²) >= 11 is 0. The first-order chi connectivity index (χ1) is 10.3. The minimum atomic E-state index is -0.492. The van der Waals surface area contributed by atoms with Crippen molar-refractivity contribution in [2.45, 2.75) is 12.8 Å². The van der Waals surface area contributed by atoms with Crippen molar-refractivity contribution in [2.24, 2.45) is 11.1 Å². The Morgan fingerprint density at radius 2 is 1.90 bits per heavy atom. The Balaban J connectivity index is 2.11. The van der Waals surface area contributed by atoms with Crippen LogP contribution in [0.5, 0.6) is 0 Å². The molecule has 1 aliphatic carbocycles. The average Bonchev–Trinajstić information content (AvgIpc) is 2.55. The number of nitrogens with two attached hydrogens (primary N) is 1. The molecule has 2 N–H and O–H groups in total. The van der Waals surface area contributed by atoms with Gasteiger partial charge in [-0.1, -0.05) is 66.8 Å². The molecule has 0 saturated heterocycles. The highest BCUT2D eigenvalue weighted by Crippen LogP contribution is 2.37. The molecule has 2 heteroatoms. The molecule has 0 saturated carbocycles. The summed E-state index contributed by atoms with van der Waals surface area (Å²) in [5, 5.41) is 2.12. The lowest BCUT2D eigenvalue weighted by Gasteiger charge is -2.30. The molecule has 0 radical (unpaired) electrons. The first-order valence-electron chi connectivity index (χ1n) is 7.34. The van der Waals surface area contributed by atoms with Crippen molar-refractivity contribution in [3.63, 3.8) is 0 Å². The minimum Gasteiger partial charge on any atom is -0.330 e. The molecule has 2 aromatic carbocycles. The van der Waals surface area contributed by atoms with Crippen molar-refractivity contribution in [2.75, 3.05) is 6.54 Å². The Bertz CT molecular complexity index is 724. The lowest BCUT2D eigenvalue weighted by Crippen LogP contribution is -2.32. The number of allylic oxidation sites excluding steroid dienone is 4. The fraction of sp³-hybridized carbons (Fsp3) is 0.211. The van der Waals surface area contributed by atoms with Gasteiger partial charge in [-0.15, -0.1) is 0 Å². The zero-order chi connectivity index (χ0) is 14.7. The SMILES string of the molecule is NCCC1(C(=O)c2cccc3ccccc23)C=CC=CC1. The van der Waals surface area contributed by atoms with Gasteiger partial charge in [-0.05, 0) is 30.2 Å². The summed E-state index contributed by atoms with van der Waals surface area (Å²) in [4.78, 5) is 13.2. The van der Waals surface area contributed by atoms with Crippen LogP contribution in [-0.4, -0.2) is 12.3 Å². The van der Waals surface area contributed by atoms with Crippen molar-refractivity contribution < 1.29 is 4.79 Å². The predicted octanol–water partition coefficient (Wildman–Crippen LogP) is 3.87. The standard InChI is InChI=1S/C19H19NO/c20-14-13-19(11-4-1-5-12-19)18(21)17-10-6-8-15-7-2-3-9-16(15)17/h1-11H,12-14,20H2. The van der Waals surface area contributed by atoms with Crippen LogP contribution in [-0.2, 0) is 0 Å². The van der Waals surface area contributed by atoms with E-state index in [0.717, 1.165) is 22.8 Å². The summed E-state index contributed by atoms with van der Waals surface area (Å²) in [5.74, 6) is 0.172. The normalized spacial score (nSPS) is 20.8. The molecular weight excluding hydrogens is 258 g/mol. The molecule has 0 heterocycles. The molecule has 3 rings (SSSR count). The Morgan fingerprint density at radius 1 is 1.10 bits per heavy atom. The molecule has 106 valence electrons. The van der Waals surface area contributed by atoms with E-state index in [-0.39, 0.29) is 5.78 Å².